The molecule has 0 amide bonds. The first kappa shape index (κ1) is 19.6. The molecule has 1 heterocycles. The van der Waals surface area contributed by atoms with E-state index in [1.54, 1.807) is 0 Å². The Morgan fingerprint density at radius 3 is 2.00 bits per heavy atom. The summed E-state index contributed by atoms with van der Waals surface area (Å²) in [6, 6.07) is 21.6. The molecule has 0 saturated carbocycles. The summed E-state index contributed by atoms with van der Waals surface area (Å²) in [4.78, 5) is 4.83. The summed E-state index contributed by atoms with van der Waals surface area (Å²) in [6.45, 7) is 4.96. The quantitative estimate of drug-likeness (QED) is 0.576. The summed E-state index contributed by atoms with van der Waals surface area (Å²) in [5.74, 6) is 2.42. The topological polar surface area (TPSA) is 35.9 Å². The molecule has 0 radical (unpaired) electrons. The van der Waals surface area contributed by atoms with E-state index in [2.05, 4.69) is 76.4 Å². The molecule has 3 rings (SSSR count). The zero-order valence-corrected chi connectivity index (χ0v) is 15.7. The van der Waals surface area contributed by atoms with Gasteiger partial charge in [-0.15, -0.1) is 6.42 Å². The first-order chi connectivity index (χ1) is 13.3. The van der Waals surface area contributed by atoms with Crippen molar-refractivity contribution in [3.8, 4) is 12.3 Å². The smallest absolute Gasteiger partial charge is 0.107 e. The summed E-state index contributed by atoms with van der Waals surface area (Å²) in [5, 5.41) is 10.1. The number of terminal acetylenes is 1. The molecule has 0 aliphatic carbocycles. The number of benzene rings is 2. The predicted molar refractivity (Wildman–Crippen MR) is 108 cm³/mol. The third kappa shape index (κ3) is 5.66. The van der Waals surface area contributed by atoms with Crippen molar-refractivity contribution in [3.05, 3.63) is 71.8 Å². The van der Waals surface area contributed by atoms with Crippen molar-refractivity contribution in [1.29, 1.82) is 0 Å². The number of aliphatic hydroxyl groups is 1. The van der Waals surface area contributed by atoms with E-state index in [1.807, 2.05) is 0 Å². The number of nitrogens with zero attached hydrogens (tertiary/aromatic N) is 2. The first-order valence-electron chi connectivity index (χ1n) is 9.53. The van der Waals surface area contributed by atoms with Crippen LogP contribution in [0.25, 0.3) is 0 Å². The van der Waals surface area contributed by atoms with Crippen molar-refractivity contribution < 1.29 is 9.84 Å². The minimum absolute atomic E-state index is 0.251. The highest BCUT2D eigenvalue weighted by Gasteiger charge is 2.26. The molecule has 1 aliphatic heterocycles. The van der Waals surface area contributed by atoms with Crippen LogP contribution in [0.5, 0.6) is 0 Å². The molecular formula is C23H28N2O2. The van der Waals surface area contributed by atoms with Gasteiger partial charge >= 0.3 is 0 Å². The fraction of sp³-hybridized carbons (Fsp3) is 0.391. The van der Waals surface area contributed by atoms with Crippen LogP contribution in [0.15, 0.2) is 60.7 Å². The third-order valence-corrected chi connectivity index (χ3v) is 4.97. The molecular weight excluding hydrogens is 336 g/mol. The Morgan fingerprint density at radius 1 is 0.926 bits per heavy atom. The predicted octanol–water partition coefficient (Wildman–Crippen LogP) is 2.40. The molecule has 1 aliphatic rings. The summed E-state index contributed by atoms with van der Waals surface area (Å²) in [5.41, 5.74) is 2.64. The van der Waals surface area contributed by atoms with Gasteiger partial charge in [0, 0.05) is 32.7 Å². The van der Waals surface area contributed by atoms with Crippen molar-refractivity contribution in [1.82, 2.24) is 9.80 Å². The van der Waals surface area contributed by atoms with Gasteiger partial charge in [-0.2, -0.15) is 0 Å². The molecule has 2 aromatic rings. The van der Waals surface area contributed by atoms with Crippen LogP contribution in [0.3, 0.4) is 0 Å². The van der Waals surface area contributed by atoms with E-state index in [1.165, 1.54) is 11.1 Å². The highest BCUT2D eigenvalue weighted by atomic mass is 16.5. The molecule has 1 fully saturated rings. The normalized spacial score (nSPS) is 16.9. The van der Waals surface area contributed by atoms with Crippen LogP contribution in [-0.2, 0) is 4.74 Å². The molecule has 4 nitrogen and oxygen atoms in total. The highest BCUT2D eigenvalue weighted by Crippen LogP contribution is 2.29. The SMILES string of the molecule is C#CCOC[C@@H](O)CN1CCN(C(c2ccccc2)c2ccccc2)CC1. The van der Waals surface area contributed by atoms with Gasteiger partial charge in [0.05, 0.1) is 18.8 Å². The lowest BCUT2D eigenvalue weighted by Crippen LogP contribution is -2.50. The number of aliphatic hydroxyl groups excluding tert-OH is 1. The monoisotopic (exact) mass is 364 g/mol. The van der Waals surface area contributed by atoms with Gasteiger partial charge < -0.3 is 9.84 Å². The minimum atomic E-state index is -0.496. The second-order valence-corrected chi connectivity index (χ2v) is 6.93. The maximum absolute atomic E-state index is 10.1. The fourth-order valence-corrected chi connectivity index (χ4v) is 3.69. The second-order valence-electron chi connectivity index (χ2n) is 6.93. The van der Waals surface area contributed by atoms with E-state index in [0.717, 1.165) is 26.2 Å². The summed E-state index contributed by atoms with van der Waals surface area (Å²) in [7, 11) is 0. The van der Waals surface area contributed by atoms with Crippen LogP contribution >= 0.6 is 0 Å². The molecule has 0 spiro atoms. The lowest BCUT2D eigenvalue weighted by atomic mass is 9.96. The molecule has 27 heavy (non-hydrogen) atoms. The van der Waals surface area contributed by atoms with E-state index < -0.39 is 6.10 Å². The Hall–Kier alpha value is -2.16. The summed E-state index contributed by atoms with van der Waals surface area (Å²) < 4.78 is 5.24. The molecule has 1 atom stereocenters. The average Bonchev–Trinajstić information content (AvgIpc) is 2.71. The molecule has 2 aromatic carbocycles. The standard InChI is InChI=1S/C23H28N2O2/c1-2-17-27-19-22(26)18-24-13-15-25(16-14-24)23(20-9-5-3-6-10-20)21-11-7-4-8-12-21/h1,3-12,22-23,26H,13-19H2/t22-/m0/s1. The molecule has 0 aromatic heterocycles. The van der Waals surface area contributed by atoms with Crippen LogP contribution < -0.4 is 0 Å². The van der Waals surface area contributed by atoms with Crippen molar-refractivity contribution in [3.63, 3.8) is 0 Å². The minimum Gasteiger partial charge on any atom is -0.389 e. The molecule has 142 valence electrons. The van der Waals surface area contributed by atoms with Crippen LogP contribution in [0.1, 0.15) is 17.2 Å². The van der Waals surface area contributed by atoms with Gasteiger partial charge in [-0.1, -0.05) is 66.6 Å². The van der Waals surface area contributed by atoms with Crippen LogP contribution in [-0.4, -0.2) is 66.9 Å². The Kier molecular flexibility index (Phi) is 7.44. The van der Waals surface area contributed by atoms with Gasteiger partial charge in [0.15, 0.2) is 0 Å². The molecule has 0 bridgehead atoms. The van der Waals surface area contributed by atoms with Crippen LogP contribution in [0, 0.1) is 12.3 Å². The van der Waals surface area contributed by atoms with E-state index in [4.69, 9.17) is 11.2 Å². The summed E-state index contributed by atoms with van der Waals surface area (Å²) in [6.07, 6.45) is 4.67. The number of ether oxygens (including phenoxy) is 1. The van der Waals surface area contributed by atoms with Gasteiger partial charge in [0.2, 0.25) is 0 Å². The average molecular weight is 364 g/mol. The van der Waals surface area contributed by atoms with E-state index in [0.29, 0.717) is 13.2 Å². The van der Waals surface area contributed by atoms with Crippen molar-refractivity contribution in [2.24, 2.45) is 0 Å². The maximum Gasteiger partial charge on any atom is 0.107 e. The molecule has 0 unspecified atom stereocenters. The zero-order valence-electron chi connectivity index (χ0n) is 15.7. The number of β-amino-alcohol motifs (C(OH)–C–C–N with tert-alkyl or cyclic N) is 1. The Bertz CT molecular complexity index is 667. The molecule has 1 saturated heterocycles. The van der Waals surface area contributed by atoms with E-state index in [9.17, 15) is 5.11 Å². The van der Waals surface area contributed by atoms with Gasteiger partial charge in [0.1, 0.15) is 6.61 Å². The zero-order chi connectivity index (χ0) is 18.9. The van der Waals surface area contributed by atoms with Crippen molar-refractivity contribution in [2.45, 2.75) is 12.1 Å². The van der Waals surface area contributed by atoms with Gasteiger partial charge in [-0.25, -0.2) is 0 Å². The van der Waals surface area contributed by atoms with Crippen LogP contribution in [0.2, 0.25) is 0 Å². The largest absolute Gasteiger partial charge is 0.389 e. The van der Waals surface area contributed by atoms with Gasteiger partial charge in [0.25, 0.3) is 0 Å². The molecule has 4 heteroatoms. The number of rotatable bonds is 8. The summed E-state index contributed by atoms with van der Waals surface area (Å²) >= 11 is 0. The number of piperazine rings is 1. The molecule has 1 N–H and O–H groups in total. The Morgan fingerprint density at radius 2 is 1.48 bits per heavy atom. The van der Waals surface area contributed by atoms with Crippen molar-refractivity contribution in [2.75, 3.05) is 45.9 Å². The first-order valence-corrected chi connectivity index (χ1v) is 9.53. The lowest BCUT2D eigenvalue weighted by Gasteiger charge is -2.40. The van der Waals surface area contributed by atoms with Gasteiger partial charge in [-0.05, 0) is 11.1 Å². The van der Waals surface area contributed by atoms with E-state index in [-0.39, 0.29) is 12.6 Å². The lowest BCUT2D eigenvalue weighted by molar-refractivity contribution is 0.0131. The van der Waals surface area contributed by atoms with Gasteiger partial charge in [-0.3, -0.25) is 9.80 Å². The van der Waals surface area contributed by atoms with Crippen LogP contribution in [0.4, 0.5) is 0 Å². The number of hydrogen-bond acceptors (Lipinski definition) is 4. The highest BCUT2D eigenvalue weighted by molar-refractivity contribution is 5.31. The third-order valence-electron chi connectivity index (χ3n) is 4.97. The Labute approximate surface area is 162 Å². The van der Waals surface area contributed by atoms with E-state index >= 15 is 0 Å². The van der Waals surface area contributed by atoms with Crippen molar-refractivity contribution >= 4 is 0 Å². The number of hydrogen-bond donors (Lipinski definition) is 1. The Balaban J connectivity index is 1.61. The maximum atomic E-state index is 10.1. The fourth-order valence-electron chi connectivity index (χ4n) is 3.69. The second kappa shape index (κ2) is 10.2.